The van der Waals surface area contributed by atoms with E-state index in [4.69, 9.17) is 18.9 Å². The number of methoxy groups -OCH3 is 3. The predicted molar refractivity (Wildman–Crippen MR) is 125 cm³/mol. The maximum absolute atomic E-state index is 13.6. The summed E-state index contributed by atoms with van der Waals surface area (Å²) in [4.78, 5) is 4.24. The number of pyridine rings is 1. The zero-order chi connectivity index (χ0) is 24.3. The number of hydrogen-bond acceptors (Lipinski definition) is 7. The number of sulfonamides is 1. The molecule has 0 saturated heterocycles. The van der Waals surface area contributed by atoms with Crippen molar-refractivity contribution in [1.29, 1.82) is 0 Å². The van der Waals surface area contributed by atoms with Crippen LogP contribution in [-0.2, 0) is 10.0 Å². The number of nitrogens with zero attached hydrogens (tertiary/aromatic N) is 1. The molecule has 3 aromatic carbocycles. The van der Waals surface area contributed by atoms with Crippen molar-refractivity contribution in [2.45, 2.75) is 4.90 Å². The van der Waals surface area contributed by atoms with Crippen LogP contribution in [0.25, 0.3) is 10.9 Å². The molecular weight excluding hydrogens is 463 g/mol. The number of halogens is 1. The Morgan fingerprint density at radius 3 is 2.24 bits per heavy atom. The topological polar surface area (TPSA) is 96.0 Å². The smallest absolute Gasteiger partial charge is 0.262 e. The van der Waals surface area contributed by atoms with Crippen molar-refractivity contribution in [3.8, 4) is 28.7 Å². The number of nitrogens with one attached hydrogen (secondary N) is 1. The molecule has 0 amide bonds. The number of aromatic nitrogens is 1. The monoisotopic (exact) mass is 484 g/mol. The summed E-state index contributed by atoms with van der Waals surface area (Å²) in [6.45, 7) is 0. The molecular formula is C24H21FN2O6S. The average molecular weight is 485 g/mol. The van der Waals surface area contributed by atoms with Gasteiger partial charge in [-0.3, -0.25) is 9.71 Å². The van der Waals surface area contributed by atoms with Gasteiger partial charge in [0.25, 0.3) is 10.0 Å². The van der Waals surface area contributed by atoms with Crippen molar-refractivity contribution < 1.29 is 31.8 Å². The van der Waals surface area contributed by atoms with Gasteiger partial charge in [0.05, 0.1) is 26.2 Å². The Bertz CT molecular complexity index is 1440. The molecule has 0 saturated carbocycles. The first-order valence-electron chi connectivity index (χ1n) is 10.00. The average Bonchev–Trinajstić information content (AvgIpc) is 2.84. The Balaban J connectivity index is 1.56. The van der Waals surface area contributed by atoms with Crippen LogP contribution in [0.15, 0.2) is 71.8 Å². The molecule has 0 aliphatic heterocycles. The van der Waals surface area contributed by atoms with Gasteiger partial charge in [-0.15, -0.1) is 0 Å². The highest BCUT2D eigenvalue weighted by atomic mass is 32.2. The third-order valence-electron chi connectivity index (χ3n) is 4.98. The van der Waals surface area contributed by atoms with Crippen molar-refractivity contribution in [2.75, 3.05) is 26.1 Å². The molecule has 0 aliphatic carbocycles. The largest absolute Gasteiger partial charge is 0.494 e. The fraction of sp³-hybridized carbons (Fsp3) is 0.125. The molecule has 10 heteroatoms. The van der Waals surface area contributed by atoms with Crippen molar-refractivity contribution in [3.05, 3.63) is 72.7 Å². The molecule has 4 rings (SSSR count). The van der Waals surface area contributed by atoms with E-state index in [0.717, 1.165) is 23.6 Å². The molecule has 0 radical (unpaired) electrons. The van der Waals surface area contributed by atoms with Gasteiger partial charge in [-0.1, -0.05) is 0 Å². The van der Waals surface area contributed by atoms with Gasteiger partial charge >= 0.3 is 0 Å². The van der Waals surface area contributed by atoms with Crippen LogP contribution in [0.3, 0.4) is 0 Å². The Morgan fingerprint density at radius 2 is 1.56 bits per heavy atom. The minimum atomic E-state index is -3.95. The molecule has 0 aliphatic rings. The minimum Gasteiger partial charge on any atom is -0.494 e. The summed E-state index contributed by atoms with van der Waals surface area (Å²) in [6, 6.07) is 15.0. The zero-order valence-electron chi connectivity index (χ0n) is 18.5. The summed E-state index contributed by atoms with van der Waals surface area (Å²) in [5, 5.41) is 0.718. The number of benzene rings is 3. The van der Waals surface area contributed by atoms with E-state index in [1.165, 1.54) is 14.2 Å². The van der Waals surface area contributed by atoms with Gasteiger partial charge in [0, 0.05) is 23.3 Å². The summed E-state index contributed by atoms with van der Waals surface area (Å²) < 4.78 is 63.0. The molecule has 0 atom stereocenters. The highest BCUT2D eigenvalue weighted by Crippen LogP contribution is 2.39. The van der Waals surface area contributed by atoms with Crippen molar-refractivity contribution in [1.82, 2.24) is 4.98 Å². The van der Waals surface area contributed by atoms with Crippen molar-refractivity contribution in [3.63, 3.8) is 0 Å². The van der Waals surface area contributed by atoms with Crippen LogP contribution >= 0.6 is 0 Å². The fourth-order valence-electron chi connectivity index (χ4n) is 3.34. The maximum Gasteiger partial charge on any atom is 0.262 e. The molecule has 0 fully saturated rings. The molecule has 34 heavy (non-hydrogen) atoms. The second-order valence-electron chi connectivity index (χ2n) is 7.03. The Morgan fingerprint density at radius 1 is 0.824 bits per heavy atom. The van der Waals surface area contributed by atoms with Crippen LogP contribution < -0.4 is 23.7 Å². The standard InChI is InChI=1S/C24H21FN2O6S/c1-30-21-11-9-18-20(12-13-26-23(18)24(21)32-3)33-16-6-4-15(5-7-16)27-34(28,29)17-8-10-19(25)22(14-17)31-2/h4-14,27H,1-3H3. The quantitative estimate of drug-likeness (QED) is 0.376. The lowest BCUT2D eigenvalue weighted by atomic mass is 10.1. The van der Waals surface area contributed by atoms with Crippen LogP contribution in [0.2, 0.25) is 0 Å². The van der Waals surface area contributed by atoms with Crippen LogP contribution in [0.1, 0.15) is 0 Å². The number of fused-ring (bicyclic) bond motifs is 1. The van der Waals surface area contributed by atoms with Gasteiger partial charge in [-0.2, -0.15) is 0 Å². The minimum absolute atomic E-state index is 0.126. The highest BCUT2D eigenvalue weighted by Gasteiger charge is 2.18. The molecule has 1 aromatic heterocycles. The van der Waals surface area contributed by atoms with Gasteiger partial charge in [-0.05, 0) is 54.6 Å². The Hall–Kier alpha value is -4.05. The lowest BCUT2D eigenvalue weighted by molar-refractivity contribution is 0.358. The Labute approximate surface area is 195 Å². The number of rotatable bonds is 8. The first-order valence-corrected chi connectivity index (χ1v) is 11.5. The first kappa shape index (κ1) is 23.1. The number of anilines is 1. The Kier molecular flexibility index (Phi) is 6.42. The van der Waals surface area contributed by atoms with Crippen molar-refractivity contribution in [2.24, 2.45) is 0 Å². The van der Waals surface area contributed by atoms with E-state index in [-0.39, 0.29) is 10.6 Å². The van der Waals surface area contributed by atoms with Crippen LogP contribution in [0.4, 0.5) is 10.1 Å². The van der Waals surface area contributed by atoms with E-state index >= 15 is 0 Å². The summed E-state index contributed by atoms with van der Waals surface area (Å²) in [7, 11) is 0.398. The van der Waals surface area contributed by atoms with E-state index in [2.05, 4.69) is 9.71 Å². The predicted octanol–water partition coefficient (Wildman–Crippen LogP) is 4.99. The number of ether oxygens (including phenoxy) is 4. The fourth-order valence-corrected chi connectivity index (χ4v) is 4.41. The zero-order valence-corrected chi connectivity index (χ0v) is 19.4. The summed E-state index contributed by atoms with van der Waals surface area (Å²) in [6.07, 6.45) is 1.60. The van der Waals surface area contributed by atoms with Gasteiger partial charge in [0.2, 0.25) is 0 Å². The van der Waals surface area contributed by atoms with Crippen LogP contribution in [0, 0.1) is 5.82 Å². The van der Waals surface area contributed by atoms with E-state index in [1.807, 2.05) is 6.07 Å². The number of hydrogen-bond donors (Lipinski definition) is 1. The SMILES string of the molecule is COc1cc(S(=O)(=O)Nc2ccc(Oc3ccnc4c(OC)c(OC)ccc34)cc2)ccc1F. The van der Waals surface area contributed by atoms with Crippen molar-refractivity contribution >= 4 is 26.6 Å². The molecule has 4 aromatic rings. The second-order valence-corrected chi connectivity index (χ2v) is 8.72. The van der Waals surface area contributed by atoms with E-state index in [0.29, 0.717) is 34.2 Å². The second kappa shape index (κ2) is 9.44. The molecule has 0 bridgehead atoms. The van der Waals surface area contributed by atoms with Gasteiger partial charge < -0.3 is 18.9 Å². The normalized spacial score (nSPS) is 11.2. The lowest BCUT2D eigenvalue weighted by Gasteiger charge is -2.13. The molecule has 176 valence electrons. The van der Waals surface area contributed by atoms with E-state index in [1.54, 1.807) is 49.7 Å². The van der Waals surface area contributed by atoms with Gasteiger partial charge in [-0.25, -0.2) is 12.8 Å². The van der Waals surface area contributed by atoms with Gasteiger partial charge in [0.15, 0.2) is 23.1 Å². The highest BCUT2D eigenvalue weighted by molar-refractivity contribution is 7.92. The molecule has 1 N–H and O–H groups in total. The van der Waals surface area contributed by atoms with E-state index < -0.39 is 15.8 Å². The summed E-state index contributed by atoms with van der Waals surface area (Å²) in [5.74, 6) is 1.25. The lowest BCUT2D eigenvalue weighted by Crippen LogP contribution is -2.13. The third-order valence-corrected chi connectivity index (χ3v) is 6.36. The summed E-state index contributed by atoms with van der Waals surface area (Å²) in [5.41, 5.74) is 0.889. The van der Waals surface area contributed by atoms with Crippen LogP contribution in [-0.4, -0.2) is 34.7 Å². The molecule has 0 spiro atoms. The summed E-state index contributed by atoms with van der Waals surface area (Å²) >= 11 is 0. The molecule has 1 heterocycles. The first-order chi connectivity index (χ1) is 16.4. The molecule has 0 unspecified atom stereocenters. The maximum atomic E-state index is 13.6. The van der Waals surface area contributed by atoms with E-state index in [9.17, 15) is 12.8 Å². The molecule has 8 nitrogen and oxygen atoms in total. The van der Waals surface area contributed by atoms with Crippen LogP contribution in [0.5, 0.6) is 28.7 Å². The third kappa shape index (κ3) is 4.53. The van der Waals surface area contributed by atoms with Gasteiger partial charge in [0.1, 0.15) is 17.0 Å².